The van der Waals surface area contributed by atoms with Crippen molar-refractivity contribution < 1.29 is 23.8 Å². The number of methoxy groups -OCH3 is 1. The Labute approximate surface area is 114 Å². The van der Waals surface area contributed by atoms with Gasteiger partial charge < -0.3 is 14.2 Å². The van der Waals surface area contributed by atoms with Crippen LogP contribution in [0.4, 0.5) is 0 Å². The molecule has 1 heterocycles. The fourth-order valence-corrected chi connectivity index (χ4v) is 1.42. The summed E-state index contributed by atoms with van der Waals surface area (Å²) in [7, 11) is 1.31. The van der Waals surface area contributed by atoms with Gasteiger partial charge in [0.1, 0.15) is 0 Å². The zero-order valence-corrected chi connectivity index (χ0v) is 11.5. The highest BCUT2D eigenvalue weighted by atomic mass is 35.5. The summed E-state index contributed by atoms with van der Waals surface area (Å²) in [5.74, 6) is -1.67. The topological polar surface area (TPSA) is 87.6 Å². The van der Waals surface area contributed by atoms with Crippen LogP contribution in [-0.4, -0.2) is 42.2 Å². The Balaban J connectivity index is 3.30. The van der Waals surface area contributed by atoms with Crippen molar-refractivity contribution in [3.8, 4) is 5.88 Å². The van der Waals surface area contributed by atoms with Crippen LogP contribution in [0.15, 0.2) is 0 Å². The Kier molecular flexibility index (Phi) is 5.50. The second-order valence-corrected chi connectivity index (χ2v) is 3.52. The molecule has 0 saturated heterocycles. The molecule has 0 N–H and O–H groups in total. The van der Waals surface area contributed by atoms with Crippen LogP contribution in [-0.2, 0) is 9.47 Å². The number of esters is 2. The zero-order chi connectivity index (χ0) is 14.4. The fraction of sp³-hybridized carbons (Fsp3) is 0.455. The third-order valence-corrected chi connectivity index (χ3v) is 2.20. The van der Waals surface area contributed by atoms with E-state index in [0.717, 1.165) is 0 Å². The maximum absolute atomic E-state index is 11.7. The third-order valence-electron chi connectivity index (χ3n) is 1.96. The molecule has 0 bridgehead atoms. The second kappa shape index (κ2) is 6.89. The van der Waals surface area contributed by atoms with Crippen molar-refractivity contribution in [3.63, 3.8) is 0 Å². The number of carbonyl (C=O) groups is 2. The zero-order valence-electron chi connectivity index (χ0n) is 10.7. The summed E-state index contributed by atoms with van der Waals surface area (Å²) in [5.41, 5.74) is -0.590. The standard InChI is InChI=1S/C11H13ClN2O5/c1-4-18-10(15)6-7(11(16)19-5-2)14-9(17-3)8(12)13-6/h4-5H2,1-3H3. The number of hydrogen-bond acceptors (Lipinski definition) is 7. The Bertz CT molecular complexity index is 492. The lowest BCUT2D eigenvalue weighted by Gasteiger charge is -2.09. The first-order valence-corrected chi connectivity index (χ1v) is 5.88. The molecule has 1 rings (SSSR count). The van der Waals surface area contributed by atoms with E-state index in [1.807, 2.05) is 0 Å². The number of halogens is 1. The van der Waals surface area contributed by atoms with E-state index in [-0.39, 0.29) is 35.6 Å². The van der Waals surface area contributed by atoms with Gasteiger partial charge in [0.05, 0.1) is 20.3 Å². The molecular weight excluding hydrogens is 276 g/mol. The van der Waals surface area contributed by atoms with E-state index in [0.29, 0.717) is 0 Å². The predicted molar refractivity (Wildman–Crippen MR) is 65.5 cm³/mol. The molecule has 0 atom stereocenters. The highest BCUT2D eigenvalue weighted by Gasteiger charge is 2.25. The van der Waals surface area contributed by atoms with Crippen LogP contribution < -0.4 is 4.74 Å². The largest absolute Gasteiger partial charge is 0.479 e. The van der Waals surface area contributed by atoms with Crippen molar-refractivity contribution in [1.82, 2.24) is 9.97 Å². The quantitative estimate of drug-likeness (QED) is 0.758. The van der Waals surface area contributed by atoms with E-state index in [1.54, 1.807) is 13.8 Å². The highest BCUT2D eigenvalue weighted by Crippen LogP contribution is 2.22. The molecule has 0 aliphatic carbocycles. The first-order chi connectivity index (χ1) is 9.04. The first kappa shape index (κ1) is 15.2. The van der Waals surface area contributed by atoms with Gasteiger partial charge in [-0.15, -0.1) is 0 Å². The second-order valence-electron chi connectivity index (χ2n) is 3.16. The molecular formula is C11H13ClN2O5. The van der Waals surface area contributed by atoms with E-state index >= 15 is 0 Å². The van der Waals surface area contributed by atoms with E-state index in [1.165, 1.54) is 7.11 Å². The molecule has 104 valence electrons. The lowest BCUT2D eigenvalue weighted by molar-refractivity contribution is 0.0466. The van der Waals surface area contributed by atoms with Crippen LogP contribution >= 0.6 is 11.6 Å². The minimum absolute atomic E-state index is 0.0715. The van der Waals surface area contributed by atoms with E-state index in [4.69, 9.17) is 25.8 Å². The minimum Gasteiger partial charge on any atom is -0.479 e. The molecule has 0 aromatic carbocycles. The lowest BCUT2D eigenvalue weighted by Crippen LogP contribution is -2.18. The number of rotatable bonds is 5. The van der Waals surface area contributed by atoms with Crippen molar-refractivity contribution >= 4 is 23.5 Å². The van der Waals surface area contributed by atoms with Crippen molar-refractivity contribution in [1.29, 1.82) is 0 Å². The normalized spacial score (nSPS) is 9.89. The van der Waals surface area contributed by atoms with Crippen molar-refractivity contribution in [2.45, 2.75) is 13.8 Å². The molecule has 19 heavy (non-hydrogen) atoms. The average Bonchev–Trinajstić information content (AvgIpc) is 2.38. The maximum atomic E-state index is 11.7. The van der Waals surface area contributed by atoms with Crippen LogP contribution in [0.1, 0.15) is 34.8 Å². The maximum Gasteiger partial charge on any atom is 0.359 e. The fourth-order valence-electron chi connectivity index (χ4n) is 1.21. The van der Waals surface area contributed by atoms with Gasteiger partial charge in [-0.3, -0.25) is 0 Å². The highest BCUT2D eigenvalue weighted by molar-refractivity contribution is 6.30. The van der Waals surface area contributed by atoms with Gasteiger partial charge in [-0.25, -0.2) is 19.6 Å². The Morgan fingerprint density at radius 1 is 1.05 bits per heavy atom. The molecule has 1 aromatic rings. The van der Waals surface area contributed by atoms with Crippen LogP contribution in [0, 0.1) is 0 Å². The smallest absolute Gasteiger partial charge is 0.359 e. The van der Waals surface area contributed by atoms with Gasteiger partial charge in [-0.1, -0.05) is 11.6 Å². The van der Waals surface area contributed by atoms with Crippen LogP contribution in [0.25, 0.3) is 0 Å². The molecule has 1 aromatic heterocycles. The molecule has 0 fully saturated rings. The number of ether oxygens (including phenoxy) is 3. The summed E-state index contributed by atoms with van der Waals surface area (Å²) in [6.07, 6.45) is 0. The van der Waals surface area contributed by atoms with Gasteiger partial charge in [0, 0.05) is 0 Å². The van der Waals surface area contributed by atoms with Gasteiger partial charge in [0.15, 0.2) is 16.5 Å². The Morgan fingerprint density at radius 2 is 1.53 bits per heavy atom. The minimum atomic E-state index is -0.803. The Hall–Kier alpha value is -1.89. The van der Waals surface area contributed by atoms with Crippen LogP contribution in [0.3, 0.4) is 0 Å². The molecule has 0 radical (unpaired) electrons. The summed E-state index contributed by atoms with van der Waals surface area (Å²) in [6, 6.07) is 0. The summed E-state index contributed by atoms with van der Waals surface area (Å²) in [5, 5.41) is -0.140. The number of aromatic nitrogens is 2. The van der Waals surface area contributed by atoms with Crippen LogP contribution in [0.5, 0.6) is 5.88 Å². The monoisotopic (exact) mass is 288 g/mol. The van der Waals surface area contributed by atoms with E-state index < -0.39 is 11.9 Å². The van der Waals surface area contributed by atoms with Gasteiger partial charge in [0.25, 0.3) is 5.88 Å². The van der Waals surface area contributed by atoms with E-state index in [2.05, 4.69) is 9.97 Å². The molecule has 0 unspecified atom stereocenters. The molecule has 0 spiro atoms. The van der Waals surface area contributed by atoms with Crippen molar-refractivity contribution in [2.24, 2.45) is 0 Å². The van der Waals surface area contributed by atoms with Crippen molar-refractivity contribution in [2.75, 3.05) is 20.3 Å². The van der Waals surface area contributed by atoms with Gasteiger partial charge in [0.2, 0.25) is 0 Å². The summed E-state index contributed by atoms with van der Waals surface area (Å²) < 4.78 is 14.4. The predicted octanol–water partition coefficient (Wildman–Crippen LogP) is 1.49. The average molecular weight is 289 g/mol. The van der Waals surface area contributed by atoms with Crippen molar-refractivity contribution in [3.05, 3.63) is 16.5 Å². The molecule has 0 saturated carbocycles. The number of nitrogens with zero attached hydrogens (tertiary/aromatic N) is 2. The SMILES string of the molecule is CCOC(=O)c1nc(Cl)c(OC)nc1C(=O)OCC. The number of carbonyl (C=O) groups excluding carboxylic acids is 2. The molecule has 7 nitrogen and oxygen atoms in total. The molecule has 0 aliphatic heterocycles. The van der Waals surface area contributed by atoms with Gasteiger partial charge >= 0.3 is 11.9 Å². The summed E-state index contributed by atoms with van der Waals surface area (Å²) in [6.45, 7) is 3.52. The lowest BCUT2D eigenvalue weighted by atomic mass is 10.3. The van der Waals surface area contributed by atoms with E-state index in [9.17, 15) is 9.59 Å². The molecule has 0 amide bonds. The Morgan fingerprint density at radius 3 is 1.95 bits per heavy atom. The molecule has 0 aliphatic rings. The number of hydrogen-bond donors (Lipinski definition) is 0. The molecule has 8 heteroatoms. The van der Waals surface area contributed by atoms with Crippen LogP contribution in [0.2, 0.25) is 5.15 Å². The third kappa shape index (κ3) is 3.54. The van der Waals surface area contributed by atoms with Gasteiger partial charge in [-0.05, 0) is 13.8 Å². The summed E-state index contributed by atoms with van der Waals surface area (Å²) in [4.78, 5) is 31.0. The summed E-state index contributed by atoms with van der Waals surface area (Å²) >= 11 is 5.77. The first-order valence-electron chi connectivity index (χ1n) is 5.50. The van der Waals surface area contributed by atoms with Gasteiger partial charge in [-0.2, -0.15) is 0 Å².